The van der Waals surface area contributed by atoms with E-state index >= 15 is 0 Å². The lowest BCUT2D eigenvalue weighted by Crippen LogP contribution is -2.27. The number of pyridine rings is 1. The van der Waals surface area contributed by atoms with E-state index in [9.17, 15) is 18.9 Å². The zero-order valence-corrected chi connectivity index (χ0v) is 21.1. The summed E-state index contributed by atoms with van der Waals surface area (Å²) < 4.78 is 36.5. The highest BCUT2D eigenvalue weighted by Gasteiger charge is 2.38. The van der Waals surface area contributed by atoms with Gasteiger partial charge in [-0.1, -0.05) is 49.0 Å². The van der Waals surface area contributed by atoms with Crippen LogP contribution in [0.2, 0.25) is 0 Å². The molecule has 1 fully saturated rings. The van der Waals surface area contributed by atoms with Crippen molar-refractivity contribution in [2.24, 2.45) is 0 Å². The van der Waals surface area contributed by atoms with Gasteiger partial charge in [0, 0.05) is 17.0 Å². The average Bonchev–Trinajstić information content (AvgIpc) is 3.71. The first-order valence-corrected chi connectivity index (χ1v) is 13.0. The van der Waals surface area contributed by atoms with Crippen molar-refractivity contribution in [1.82, 2.24) is 4.98 Å². The molecule has 1 aliphatic carbocycles. The maximum atomic E-state index is 13.8. The minimum atomic E-state index is -2.23. The third kappa shape index (κ3) is 5.59. The number of carbonyl (C=O) groups excluding carboxylic acids is 1. The van der Waals surface area contributed by atoms with Gasteiger partial charge in [-0.2, -0.15) is 0 Å². The number of hydrogen-bond donors (Lipinski definition) is 1. The number of carbonyl (C=O) groups is 1. The highest BCUT2D eigenvalue weighted by Crippen LogP contribution is 2.49. The Labute approximate surface area is 210 Å². The summed E-state index contributed by atoms with van der Waals surface area (Å²) >= 11 is 0. The lowest BCUT2D eigenvalue weighted by atomic mass is 9.94. The Hall–Kier alpha value is -3.25. The van der Waals surface area contributed by atoms with Crippen molar-refractivity contribution < 1.29 is 28.1 Å². The molecule has 1 aromatic heterocycles. The highest BCUT2D eigenvalue weighted by molar-refractivity contribution is 7.40. The lowest BCUT2D eigenvalue weighted by Gasteiger charge is -2.20. The van der Waals surface area contributed by atoms with Gasteiger partial charge in [-0.25, -0.2) is 9.37 Å². The molecule has 8 heteroatoms. The molecule has 0 saturated heterocycles. The van der Waals surface area contributed by atoms with Crippen LogP contribution in [0.15, 0.2) is 67.3 Å². The fourth-order valence-corrected chi connectivity index (χ4v) is 5.00. The molecule has 3 atom stereocenters. The number of aliphatic hydroxyl groups excluding tert-OH is 1. The van der Waals surface area contributed by atoms with Gasteiger partial charge in [-0.15, -0.1) is 4.52 Å². The van der Waals surface area contributed by atoms with E-state index < -0.39 is 32.2 Å². The molecule has 0 bridgehead atoms. The van der Waals surface area contributed by atoms with E-state index in [2.05, 4.69) is 6.58 Å². The van der Waals surface area contributed by atoms with Gasteiger partial charge in [0.15, 0.2) is 5.75 Å². The molecule has 3 unspecified atom stereocenters. The number of rotatable bonds is 10. The third-order valence-corrected chi connectivity index (χ3v) is 7.62. The SMILES string of the molecule is C=CC(C(O)CC(=O)Oc1c(C2CC2)nc(-c2ccccc2)c(C)c1-c1ccc(F)cc1)[P+](=O)OC. The zero-order valence-electron chi connectivity index (χ0n) is 20.2. The normalized spacial score (nSPS) is 15.2. The van der Waals surface area contributed by atoms with Gasteiger partial charge < -0.3 is 9.84 Å². The summed E-state index contributed by atoms with van der Waals surface area (Å²) in [5, 5.41) is 10.5. The average molecular weight is 509 g/mol. The van der Waals surface area contributed by atoms with Crippen molar-refractivity contribution >= 4 is 14.0 Å². The van der Waals surface area contributed by atoms with Crippen LogP contribution in [0.1, 0.15) is 36.4 Å². The zero-order chi connectivity index (χ0) is 25.8. The standard InChI is InChI=1S/C28H28FNO5P/c1-4-23(36(33)34-3)22(31)16-24(32)35-28-25(18-12-14-21(29)15-13-18)17(2)26(19-8-6-5-7-9-19)30-27(28)20-10-11-20/h4-9,12-15,20,22-23,31H,1,10-11,16H2,2-3H3/q+1. The van der Waals surface area contributed by atoms with Crippen LogP contribution in [-0.4, -0.2) is 34.9 Å². The number of esters is 1. The van der Waals surface area contributed by atoms with Crippen LogP contribution in [-0.2, 0) is 13.9 Å². The first-order valence-electron chi connectivity index (χ1n) is 11.7. The van der Waals surface area contributed by atoms with Crippen molar-refractivity contribution in [3.8, 4) is 28.1 Å². The van der Waals surface area contributed by atoms with Crippen LogP contribution in [0.4, 0.5) is 4.39 Å². The molecule has 1 saturated carbocycles. The van der Waals surface area contributed by atoms with Gasteiger partial charge in [0.25, 0.3) is 0 Å². The van der Waals surface area contributed by atoms with Gasteiger partial charge in [-0.05, 0) is 53.7 Å². The van der Waals surface area contributed by atoms with Gasteiger partial charge in [0.2, 0.25) is 5.66 Å². The highest BCUT2D eigenvalue weighted by atomic mass is 31.1. The van der Waals surface area contributed by atoms with Crippen LogP contribution in [0.25, 0.3) is 22.4 Å². The Morgan fingerprint density at radius 1 is 1.19 bits per heavy atom. The fraction of sp³-hybridized carbons (Fsp3) is 0.286. The van der Waals surface area contributed by atoms with Crippen LogP contribution < -0.4 is 4.74 Å². The number of benzene rings is 2. The molecule has 36 heavy (non-hydrogen) atoms. The second kappa shape index (κ2) is 11.2. The van der Waals surface area contributed by atoms with Crippen LogP contribution in [0.3, 0.4) is 0 Å². The second-order valence-electron chi connectivity index (χ2n) is 8.76. The molecule has 2 aromatic carbocycles. The summed E-state index contributed by atoms with van der Waals surface area (Å²) in [7, 11) is -0.968. The smallest absolute Gasteiger partial charge is 0.424 e. The number of nitrogens with zero attached hydrogens (tertiary/aromatic N) is 1. The van der Waals surface area contributed by atoms with E-state index in [0.29, 0.717) is 22.6 Å². The molecule has 186 valence electrons. The van der Waals surface area contributed by atoms with Crippen molar-refractivity contribution in [3.63, 3.8) is 0 Å². The molecular weight excluding hydrogens is 480 g/mol. The van der Waals surface area contributed by atoms with Crippen molar-refractivity contribution in [2.75, 3.05) is 7.11 Å². The van der Waals surface area contributed by atoms with Gasteiger partial charge >= 0.3 is 14.0 Å². The lowest BCUT2D eigenvalue weighted by molar-refractivity contribution is -0.136. The number of aromatic nitrogens is 1. The molecule has 1 aliphatic rings. The summed E-state index contributed by atoms with van der Waals surface area (Å²) in [6, 6.07) is 15.7. The Kier molecular flexibility index (Phi) is 8.04. The summed E-state index contributed by atoms with van der Waals surface area (Å²) in [6.45, 7) is 5.48. The molecule has 0 radical (unpaired) electrons. The predicted molar refractivity (Wildman–Crippen MR) is 137 cm³/mol. The summed E-state index contributed by atoms with van der Waals surface area (Å²) in [6.07, 6.45) is 1.42. The van der Waals surface area contributed by atoms with Crippen LogP contribution in [0, 0.1) is 12.7 Å². The molecular formula is C28H28FNO5P+. The number of ether oxygens (including phenoxy) is 1. The molecule has 4 rings (SSSR count). The number of aliphatic hydroxyl groups is 1. The summed E-state index contributed by atoms with van der Waals surface area (Å²) in [4.78, 5) is 17.9. The summed E-state index contributed by atoms with van der Waals surface area (Å²) in [5.74, 6) is -0.637. The quantitative estimate of drug-likeness (QED) is 0.195. The van der Waals surface area contributed by atoms with Gasteiger partial charge in [0.05, 0.1) is 24.9 Å². The minimum Gasteiger partial charge on any atom is -0.424 e. The maximum Gasteiger partial charge on any atom is 0.518 e. The first kappa shape index (κ1) is 25.8. The molecule has 3 aromatic rings. The molecule has 0 amide bonds. The Balaban J connectivity index is 1.79. The maximum absolute atomic E-state index is 13.8. The van der Waals surface area contributed by atoms with E-state index in [4.69, 9.17) is 14.2 Å². The fourth-order valence-electron chi connectivity index (χ4n) is 4.20. The largest absolute Gasteiger partial charge is 0.518 e. The summed E-state index contributed by atoms with van der Waals surface area (Å²) in [5.41, 5.74) is 3.54. The van der Waals surface area contributed by atoms with E-state index in [0.717, 1.165) is 29.7 Å². The predicted octanol–water partition coefficient (Wildman–Crippen LogP) is 6.34. The Morgan fingerprint density at radius 2 is 1.86 bits per heavy atom. The monoisotopic (exact) mass is 508 g/mol. The molecule has 0 spiro atoms. The van der Waals surface area contributed by atoms with Gasteiger partial charge in [-0.3, -0.25) is 4.79 Å². The van der Waals surface area contributed by atoms with Crippen molar-refractivity contribution in [2.45, 2.75) is 43.9 Å². The second-order valence-corrected chi connectivity index (χ2v) is 10.3. The first-order chi connectivity index (χ1) is 17.3. The Morgan fingerprint density at radius 3 is 2.44 bits per heavy atom. The van der Waals surface area contributed by atoms with Crippen LogP contribution >= 0.6 is 8.03 Å². The number of hydrogen-bond acceptors (Lipinski definition) is 6. The van der Waals surface area contributed by atoms with E-state index in [-0.39, 0.29) is 11.7 Å². The topological polar surface area (TPSA) is 85.7 Å². The third-order valence-electron chi connectivity index (χ3n) is 6.22. The molecule has 1 N–H and O–H groups in total. The molecule has 1 heterocycles. The molecule has 0 aliphatic heterocycles. The van der Waals surface area contributed by atoms with Crippen molar-refractivity contribution in [3.05, 3.63) is 84.3 Å². The number of halogens is 1. The van der Waals surface area contributed by atoms with E-state index in [1.165, 1.54) is 25.3 Å². The van der Waals surface area contributed by atoms with E-state index in [1.807, 2.05) is 37.3 Å². The molecule has 6 nitrogen and oxygen atoms in total. The van der Waals surface area contributed by atoms with Crippen LogP contribution in [0.5, 0.6) is 5.75 Å². The van der Waals surface area contributed by atoms with E-state index in [1.54, 1.807) is 12.1 Å². The van der Waals surface area contributed by atoms with Crippen molar-refractivity contribution in [1.29, 1.82) is 0 Å². The minimum absolute atomic E-state index is 0.129. The van der Waals surface area contributed by atoms with Gasteiger partial charge in [0.1, 0.15) is 11.9 Å². The Bertz CT molecular complexity index is 1280.